The van der Waals surface area contributed by atoms with Crippen molar-refractivity contribution in [1.82, 2.24) is 10.2 Å². The summed E-state index contributed by atoms with van der Waals surface area (Å²) >= 11 is 3.44. The number of methoxy groups -OCH3 is 1. The first kappa shape index (κ1) is 24.3. The lowest BCUT2D eigenvalue weighted by molar-refractivity contribution is -0.142. The number of halogens is 1. The summed E-state index contributed by atoms with van der Waals surface area (Å²) in [4.78, 5) is 27.9. The molecule has 7 heteroatoms. The number of likely N-dealkylation sites (N-methyl/N-ethyl adjacent to an activating group) is 1. The van der Waals surface area contributed by atoms with Crippen LogP contribution in [0.3, 0.4) is 0 Å². The third kappa shape index (κ3) is 6.83. The Morgan fingerprint density at radius 2 is 1.55 bits per heavy atom. The van der Waals surface area contributed by atoms with Gasteiger partial charge in [-0.3, -0.25) is 9.59 Å². The van der Waals surface area contributed by atoms with E-state index >= 15 is 0 Å². The van der Waals surface area contributed by atoms with Crippen LogP contribution in [0.5, 0.6) is 11.5 Å². The highest BCUT2D eigenvalue weighted by atomic mass is 79.9. The molecule has 0 aliphatic rings. The molecule has 0 spiro atoms. The van der Waals surface area contributed by atoms with Crippen molar-refractivity contribution >= 4 is 27.7 Å². The standard InChI is InChI=1S/C26H27BrN2O4/c1-28-26(31)22(16-19-8-4-3-5-9-19)29(17-20-12-14-21(27)15-13-20)25(30)18-33-24-11-7-6-10-23(24)32-2/h3-15,22H,16-18H2,1-2H3,(H,28,31)/t22-/m1/s1. The number of nitrogens with zero attached hydrogens (tertiary/aromatic N) is 1. The monoisotopic (exact) mass is 510 g/mol. The average Bonchev–Trinajstić information content (AvgIpc) is 2.86. The van der Waals surface area contributed by atoms with Crippen molar-refractivity contribution in [1.29, 1.82) is 0 Å². The van der Waals surface area contributed by atoms with Crippen LogP contribution < -0.4 is 14.8 Å². The second-order valence-electron chi connectivity index (χ2n) is 7.41. The quantitative estimate of drug-likeness (QED) is 0.443. The van der Waals surface area contributed by atoms with Gasteiger partial charge in [0.2, 0.25) is 5.91 Å². The molecule has 1 N–H and O–H groups in total. The number of benzene rings is 3. The molecule has 0 unspecified atom stereocenters. The van der Waals surface area contributed by atoms with Crippen molar-refractivity contribution < 1.29 is 19.1 Å². The lowest BCUT2D eigenvalue weighted by Crippen LogP contribution is -2.51. The van der Waals surface area contributed by atoms with Gasteiger partial charge < -0.3 is 19.7 Å². The SMILES string of the molecule is CNC(=O)[C@@H](Cc1ccccc1)N(Cc1ccc(Br)cc1)C(=O)COc1ccccc1OC. The zero-order chi connectivity index (χ0) is 23.6. The third-order valence-electron chi connectivity index (χ3n) is 5.20. The first-order valence-electron chi connectivity index (χ1n) is 10.6. The summed E-state index contributed by atoms with van der Waals surface area (Å²) in [5, 5.41) is 2.71. The van der Waals surface area contributed by atoms with Gasteiger partial charge in [-0.25, -0.2) is 0 Å². The number of hydrogen-bond acceptors (Lipinski definition) is 4. The highest BCUT2D eigenvalue weighted by Gasteiger charge is 2.30. The Kier molecular flexibility index (Phi) is 8.89. The van der Waals surface area contributed by atoms with Crippen LogP contribution in [-0.2, 0) is 22.6 Å². The molecule has 2 amide bonds. The van der Waals surface area contributed by atoms with Crippen LogP contribution in [0, 0.1) is 0 Å². The van der Waals surface area contributed by atoms with E-state index in [1.165, 1.54) is 0 Å². The van der Waals surface area contributed by atoms with E-state index in [1.54, 1.807) is 31.2 Å². The largest absolute Gasteiger partial charge is 0.493 e. The van der Waals surface area contributed by atoms with Crippen molar-refractivity contribution in [2.45, 2.75) is 19.0 Å². The Morgan fingerprint density at radius 1 is 0.909 bits per heavy atom. The Labute approximate surface area is 202 Å². The fourth-order valence-corrected chi connectivity index (χ4v) is 3.73. The average molecular weight is 511 g/mol. The van der Waals surface area contributed by atoms with Crippen LogP contribution in [0.15, 0.2) is 83.3 Å². The Hall–Kier alpha value is -3.32. The molecule has 172 valence electrons. The molecule has 3 aromatic carbocycles. The van der Waals surface area contributed by atoms with E-state index in [4.69, 9.17) is 9.47 Å². The predicted molar refractivity (Wildman–Crippen MR) is 131 cm³/mol. The third-order valence-corrected chi connectivity index (χ3v) is 5.73. The number of ether oxygens (including phenoxy) is 2. The Bertz CT molecular complexity index is 1060. The smallest absolute Gasteiger partial charge is 0.261 e. The fraction of sp³-hybridized carbons (Fsp3) is 0.231. The van der Waals surface area contributed by atoms with Gasteiger partial charge in [-0.05, 0) is 35.4 Å². The second-order valence-corrected chi connectivity index (χ2v) is 8.32. The minimum atomic E-state index is -0.699. The minimum Gasteiger partial charge on any atom is -0.493 e. The highest BCUT2D eigenvalue weighted by molar-refractivity contribution is 9.10. The van der Waals surface area contributed by atoms with Gasteiger partial charge in [-0.2, -0.15) is 0 Å². The van der Waals surface area contributed by atoms with Crippen LogP contribution in [0.4, 0.5) is 0 Å². The molecule has 3 aromatic rings. The lowest BCUT2D eigenvalue weighted by atomic mass is 10.0. The maximum atomic E-state index is 13.4. The molecule has 0 aromatic heterocycles. The van der Waals surface area contributed by atoms with Crippen molar-refractivity contribution in [3.05, 3.63) is 94.5 Å². The maximum absolute atomic E-state index is 13.4. The predicted octanol–water partition coefficient (Wildman–Crippen LogP) is 4.22. The van der Waals surface area contributed by atoms with Crippen molar-refractivity contribution in [3.63, 3.8) is 0 Å². The number of nitrogens with one attached hydrogen (secondary N) is 1. The number of carbonyl (C=O) groups excluding carboxylic acids is 2. The van der Waals surface area contributed by atoms with E-state index < -0.39 is 6.04 Å². The van der Waals surface area contributed by atoms with Gasteiger partial charge in [0.1, 0.15) is 6.04 Å². The topological polar surface area (TPSA) is 67.9 Å². The number of carbonyl (C=O) groups is 2. The number of hydrogen-bond donors (Lipinski definition) is 1. The summed E-state index contributed by atoms with van der Waals surface area (Å²) in [5.74, 6) is 0.475. The highest BCUT2D eigenvalue weighted by Crippen LogP contribution is 2.26. The minimum absolute atomic E-state index is 0.223. The summed E-state index contributed by atoms with van der Waals surface area (Å²) in [6, 6.07) is 23.8. The molecule has 0 aliphatic heterocycles. The van der Waals surface area contributed by atoms with E-state index in [9.17, 15) is 9.59 Å². The molecule has 0 fully saturated rings. The first-order valence-corrected chi connectivity index (χ1v) is 11.4. The first-order chi connectivity index (χ1) is 16.0. The molecule has 0 aliphatic carbocycles. The summed E-state index contributed by atoms with van der Waals surface area (Å²) in [7, 11) is 3.12. The molecule has 0 heterocycles. The van der Waals surface area contributed by atoms with E-state index in [0.717, 1.165) is 15.6 Å². The van der Waals surface area contributed by atoms with E-state index in [2.05, 4.69) is 21.2 Å². The summed E-state index contributed by atoms with van der Waals surface area (Å²) in [6.07, 6.45) is 0.386. The van der Waals surface area contributed by atoms with Gasteiger partial charge in [0, 0.05) is 24.5 Å². The molecule has 33 heavy (non-hydrogen) atoms. The van der Waals surface area contributed by atoms with Gasteiger partial charge in [0.05, 0.1) is 7.11 Å². The van der Waals surface area contributed by atoms with Gasteiger partial charge in [-0.1, -0.05) is 70.5 Å². The molecule has 0 radical (unpaired) electrons. The normalized spacial score (nSPS) is 11.4. The van der Waals surface area contributed by atoms with Gasteiger partial charge in [0.25, 0.3) is 5.91 Å². The van der Waals surface area contributed by atoms with E-state index in [1.807, 2.05) is 66.7 Å². The molecule has 6 nitrogen and oxygen atoms in total. The zero-order valence-corrected chi connectivity index (χ0v) is 20.2. The van der Waals surface area contributed by atoms with Crippen molar-refractivity contribution in [3.8, 4) is 11.5 Å². The van der Waals surface area contributed by atoms with Crippen LogP contribution in [0.1, 0.15) is 11.1 Å². The summed E-state index contributed by atoms with van der Waals surface area (Å²) in [5.41, 5.74) is 1.87. The molecule has 3 rings (SSSR count). The van der Waals surface area contributed by atoms with Crippen LogP contribution in [0.2, 0.25) is 0 Å². The van der Waals surface area contributed by atoms with Crippen molar-refractivity contribution in [2.75, 3.05) is 20.8 Å². The fourth-order valence-electron chi connectivity index (χ4n) is 3.47. The molecule has 0 saturated heterocycles. The van der Waals surface area contributed by atoms with Crippen LogP contribution >= 0.6 is 15.9 Å². The maximum Gasteiger partial charge on any atom is 0.261 e. The summed E-state index contributed by atoms with van der Waals surface area (Å²) in [6.45, 7) is 0.0471. The molecule has 1 atom stereocenters. The van der Waals surface area contributed by atoms with E-state index in [0.29, 0.717) is 17.9 Å². The molecular weight excluding hydrogens is 484 g/mol. The zero-order valence-electron chi connectivity index (χ0n) is 18.7. The molecular formula is C26H27BrN2O4. The lowest BCUT2D eigenvalue weighted by Gasteiger charge is -2.31. The van der Waals surface area contributed by atoms with Crippen LogP contribution in [0.25, 0.3) is 0 Å². The summed E-state index contributed by atoms with van der Waals surface area (Å²) < 4.78 is 12.0. The van der Waals surface area contributed by atoms with Crippen molar-refractivity contribution in [2.24, 2.45) is 0 Å². The van der Waals surface area contributed by atoms with E-state index in [-0.39, 0.29) is 25.0 Å². The number of rotatable bonds is 10. The molecule has 0 bridgehead atoms. The van der Waals surface area contributed by atoms with Gasteiger partial charge in [-0.15, -0.1) is 0 Å². The Morgan fingerprint density at radius 3 is 2.18 bits per heavy atom. The Balaban J connectivity index is 1.87. The number of amides is 2. The molecule has 0 saturated carbocycles. The second kappa shape index (κ2) is 12.1. The van der Waals surface area contributed by atoms with Gasteiger partial charge in [0.15, 0.2) is 18.1 Å². The van der Waals surface area contributed by atoms with Gasteiger partial charge >= 0.3 is 0 Å². The van der Waals surface area contributed by atoms with Crippen LogP contribution in [-0.4, -0.2) is 43.5 Å². The number of para-hydroxylation sites is 2.